The Balaban J connectivity index is 3.13. The summed E-state index contributed by atoms with van der Waals surface area (Å²) in [5.74, 6) is 0.584. The van der Waals surface area contributed by atoms with Crippen molar-refractivity contribution in [3.8, 4) is 0 Å². The Bertz CT molecular complexity index is 367. The number of hydrogen-bond acceptors (Lipinski definition) is 1. The smallest absolute Gasteiger partial charge is 0.143 e. The Kier molecular flexibility index (Phi) is 5.40. The minimum atomic E-state index is 0.584. The van der Waals surface area contributed by atoms with Crippen LogP contribution in [-0.2, 0) is 4.79 Å². The minimum absolute atomic E-state index is 0.584. The summed E-state index contributed by atoms with van der Waals surface area (Å²) >= 11 is 0. The molecule has 0 heterocycles. The van der Waals surface area contributed by atoms with Crippen molar-refractivity contribution in [3.05, 3.63) is 34.4 Å². The maximum absolute atomic E-state index is 10.5. The summed E-state index contributed by atoms with van der Waals surface area (Å²) in [6, 6.07) is 0. The molecule has 1 rings (SSSR count). The molecule has 0 aliphatic heterocycles. The van der Waals surface area contributed by atoms with Crippen molar-refractivity contribution >= 4 is 6.29 Å². The molecule has 0 saturated heterocycles. The number of carbonyl (C=O) groups is 1. The minimum Gasteiger partial charge on any atom is -0.299 e. The summed E-state index contributed by atoms with van der Waals surface area (Å²) in [5, 5.41) is 0. The molecule has 94 valence electrons. The lowest BCUT2D eigenvalue weighted by atomic mass is 9.80. The highest BCUT2D eigenvalue weighted by Crippen LogP contribution is 2.36. The van der Waals surface area contributed by atoms with Gasteiger partial charge < -0.3 is 0 Å². The molecule has 0 radical (unpaired) electrons. The van der Waals surface area contributed by atoms with Crippen molar-refractivity contribution in [3.63, 3.8) is 0 Å². The van der Waals surface area contributed by atoms with Crippen LogP contribution in [0.5, 0.6) is 0 Å². The zero-order valence-corrected chi connectivity index (χ0v) is 11.5. The van der Waals surface area contributed by atoms with Crippen LogP contribution in [-0.4, -0.2) is 6.29 Å². The van der Waals surface area contributed by atoms with E-state index in [1.165, 1.54) is 24.0 Å². The molecule has 0 aromatic carbocycles. The van der Waals surface area contributed by atoms with Gasteiger partial charge in [0.05, 0.1) is 0 Å². The van der Waals surface area contributed by atoms with Gasteiger partial charge in [0, 0.05) is 0 Å². The molecule has 0 bridgehead atoms. The van der Waals surface area contributed by atoms with Crippen molar-refractivity contribution in [2.45, 2.75) is 53.4 Å². The molecule has 17 heavy (non-hydrogen) atoms. The van der Waals surface area contributed by atoms with Gasteiger partial charge in [-0.15, -0.1) is 0 Å². The lowest BCUT2D eigenvalue weighted by molar-refractivity contribution is -0.104. The van der Waals surface area contributed by atoms with Crippen molar-refractivity contribution in [1.82, 2.24) is 0 Å². The van der Waals surface area contributed by atoms with E-state index in [1.807, 2.05) is 6.92 Å². The highest BCUT2D eigenvalue weighted by molar-refractivity contribution is 5.67. The van der Waals surface area contributed by atoms with Crippen LogP contribution in [0.2, 0.25) is 0 Å². The van der Waals surface area contributed by atoms with Gasteiger partial charge in [0.2, 0.25) is 0 Å². The van der Waals surface area contributed by atoms with Gasteiger partial charge in [-0.3, -0.25) is 4.79 Å². The van der Waals surface area contributed by atoms with Crippen LogP contribution in [0, 0.1) is 5.92 Å². The largest absolute Gasteiger partial charge is 0.299 e. The van der Waals surface area contributed by atoms with Gasteiger partial charge in [-0.25, -0.2) is 0 Å². The quantitative estimate of drug-likeness (QED) is 0.511. The third kappa shape index (κ3) is 3.69. The van der Waals surface area contributed by atoms with Gasteiger partial charge in [0.15, 0.2) is 0 Å². The van der Waals surface area contributed by atoms with Crippen LogP contribution < -0.4 is 0 Å². The van der Waals surface area contributed by atoms with Crippen LogP contribution in [0.15, 0.2) is 34.4 Å². The van der Waals surface area contributed by atoms with E-state index >= 15 is 0 Å². The van der Waals surface area contributed by atoms with Gasteiger partial charge in [0.25, 0.3) is 0 Å². The average molecular weight is 232 g/mol. The molecule has 0 amide bonds. The summed E-state index contributed by atoms with van der Waals surface area (Å²) < 4.78 is 0. The molecule has 0 unspecified atom stereocenters. The Morgan fingerprint density at radius 3 is 2.59 bits per heavy atom. The number of rotatable bonds is 4. The Labute approximate surface area is 105 Å². The zero-order chi connectivity index (χ0) is 12.8. The van der Waals surface area contributed by atoms with Crippen LogP contribution in [0.4, 0.5) is 0 Å². The molecule has 0 saturated carbocycles. The first-order valence-corrected chi connectivity index (χ1v) is 6.65. The molecule has 0 N–H and O–H groups in total. The van der Waals surface area contributed by atoms with Crippen LogP contribution >= 0.6 is 0 Å². The Morgan fingerprint density at radius 1 is 1.35 bits per heavy atom. The van der Waals surface area contributed by atoms with Crippen molar-refractivity contribution in [2.24, 2.45) is 5.92 Å². The summed E-state index contributed by atoms with van der Waals surface area (Å²) in [5.41, 5.74) is 5.65. The van der Waals surface area contributed by atoms with Gasteiger partial charge in [0.1, 0.15) is 6.29 Å². The summed E-state index contributed by atoms with van der Waals surface area (Å²) in [7, 11) is 0. The number of hydrogen-bond donors (Lipinski definition) is 0. The molecule has 0 aromatic rings. The number of allylic oxidation sites excluding steroid dienone is 6. The topological polar surface area (TPSA) is 17.1 Å². The second-order valence-electron chi connectivity index (χ2n) is 5.10. The molecule has 0 spiro atoms. The van der Waals surface area contributed by atoms with Crippen molar-refractivity contribution in [1.29, 1.82) is 0 Å². The number of aldehydes is 1. The highest BCUT2D eigenvalue weighted by atomic mass is 16.1. The predicted molar refractivity (Wildman–Crippen MR) is 73.9 cm³/mol. The standard InChI is InChI=1S/C16H24O/c1-5-14-7-6-8-15(16(14)12(2)3)11-13(4)9-10-17/h9-12H,5-8H2,1-4H3/b13-9-,15-11+. The first-order chi connectivity index (χ1) is 8.10. The van der Waals surface area contributed by atoms with E-state index in [0.717, 1.165) is 24.7 Å². The summed E-state index contributed by atoms with van der Waals surface area (Å²) in [6.07, 6.45) is 9.51. The second kappa shape index (κ2) is 6.58. The van der Waals surface area contributed by atoms with E-state index < -0.39 is 0 Å². The molecule has 1 aliphatic carbocycles. The molecule has 1 heteroatoms. The molecule has 0 atom stereocenters. The first kappa shape index (κ1) is 14.0. The maximum Gasteiger partial charge on any atom is 0.143 e. The molecule has 0 fully saturated rings. The zero-order valence-electron chi connectivity index (χ0n) is 11.5. The second-order valence-corrected chi connectivity index (χ2v) is 5.10. The number of carbonyl (C=O) groups excluding carboxylic acids is 1. The fourth-order valence-electron chi connectivity index (χ4n) is 2.72. The third-order valence-corrected chi connectivity index (χ3v) is 3.39. The average Bonchev–Trinajstić information content (AvgIpc) is 2.28. The van der Waals surface area contributed by atoms with E-state index in [1.54, 1.807) is 11.6 Å². The summed E-state index contributed by atoms with van der Waals surface area (Å²) in [6.45, 7) is 8.78. The molecule has 0 aromatic heterocycles. The monoisotopic (exact) mass is 232 g/mol. The van der Waals surface area contributed by atoms with E-state index in [2.05, 4.69) is 26.8 Å². The summed E-state index contributed by atoms with van der Waals surface area (Å²) in [4.78, 5) is 10.5. The van der Waals surface area contributed by atoms with E-state index in [0.29, 0.717) is 5.92 Å². The van der Waals surface area contributed by atoms with Gasteiger partial charge in [-0.05, 0) is 61.3 Å². The van der Waals surface area contributed by atoms with Crippen molar-refractivity contribution < 1.29 is 4.79 Å². The fourth-order valence-corrected chi connectivity index (χ4v) is 2.72. The third-order valence-electron chi connectivity index (χ3n) is 3.39. The maximum atomic E-state index is 10.5. The highest BCUT2D eigenvalue weighted by Gasteiger charge is 2.18. The first-order valence-electron chi connectivity index (χ1n) is 6.65. The van der Waals surface area contributed by atoms with Crippen LogP contribution in [0.25, 0.3) is 0 Å². The predicted octanol–water partition coefficient (Wildman–Crippen LogP) is 4.60. The SMILES string of the molecule is CCC1=C(C(C)C)/C(=C/C(C)=C\C=O)CCC1. The molecule has 1 nitrogen and oxygen atoms in total. The van der Waals surface area contributed by atoms with E-state index in [4.69, 9.17) is 0 Å². The van der Waals surface area contributed by atoms with Crippen LogP contribution in [0.1, 0.15) is 53.4 Å². The van der Waals surface area contributed by atoms with E-state index in [-0.39, 0.29) is 0 Å². The molecular formula is C16H24O. The lowest BCUT2D eigenvalue weighted by Gasteiger charge is -2.26. The molecular weight excluding hydrogens is 208 g/mol. The Morgan fingerprint density at radius 2 is 2.06 bits per heavy atom. The van der Waals surface area contributed by atoms with E-state index in [9.17, 15) is 4.79 Å². The van der Waals surface area contributed by atoms with Crippen LogP contribution in [0.3, 0.4) is 0 Å². The van der Waals surface area contributed by atoms with Gasteiger partial charge >= 0.3 is 0 Å². The normalized spacial score (nSPS) is 20.3. The van der Waals surface area contributed by atoms with Gasteiger partial charge in [-0.2, -0.15) is 0 Å². The fraction of sp³-hybridized carbons (Fsp3) is 0.562. The molecule has 1 aliphatic rings. The lowest BCUT2D eigenvalue weighted by Crippen LogP contribution is -2.08. The van der Waals surface area contributed by atoms with Crippen molar-refractivity contribution in [2.75, 3.05) is 0 Å². The Hall–Kier alpha value is -1.11. The van der Waals surface area contributed by atoms with Gasteiger partial charge in [-0.1, -0.05) is 32.4 Å².